The van der Waals surface area contributed by atoms with Crippen molar-refractivity contribution in [2.24, 2.45) is 0 Å². The molecule has 3 rings (SSSR count). The summed E-state index contributed by atoms with van der Waals surface area (Å²) in [4.78, 5) is 17.7. The number of aromatic nitrogens is 4. The molecule has 0 unspecified atom stereocenters. The van der Waals surface area contributed by atoms with Crippen LogP contribution in [-0.4, -0.2) is 24.7 Å². The number of rotatable bonds is 3. The van der Waals surface area contributed by atoms with Crippen LogP contribution in [0.1, 0.15) is 11.1 Å². The molecular weight excluding hydrogens is 396 g/mol. The Morgan fingerprint density at radius 2 is 1.57 bits per heavy atom. The number of nitrogens with zero attached hydrogens (tertiary/aromatic N) is 5. The first-order chi connectivity index (χ1) is 13.0. The van der Waals surface area contributed by atoms with Crippen molar-refractivity contribution in [1.29, 1.82) is 0 Å². The van der Waals surface area contributed by atoms with E-state index in [2.05, 4.69) is 15.1 Å². The second-order valence-electron chi connectivity index (χ2n) is 5.41. The van der Waals surface area contributed by atoms with Crippen molar-refractivity contribution in [3.05, 3.63) is 64.1 Å². The lowest BCUT2D eigenvalue weighted by molar-refractivity contribution is -0.384. The van der Waals surface area contributed by atoms with E-state index in [1.807, 2.05) is 0 Å². The van der Waals surface area contributed by atoms with Crippen molar-refractivity contribution in [1.82, 2.24) is 19.7 Å². The van der Waals surface area contributed by atoms with Crippen LogP contribution >= 0.6 is 0 Å². The maximum atomic E-state index is 13.0. The van der Waals surface area contributed by atoms with E-state index in [1.54, 1.807) is 0 Å². The highest BCUT2D eigenvalue weighted by molar-refractivity contribution is 5.59. The number of hydrogen-bond acceptors (Lipinski definition) is 5. The number of hydrogen-bond donors (Lipinski definition) is 0. The molecule has 13 heteroatoms. The number of benzene rings is 1. The second-order valence-corrected chi connectivity index (χ2v) is 5.41. The molecule has 28 heavy (non-hydrogen) atoms. The van der Waals surface area contributed by atoms with Crippen LogP contribution in [-0.2, 0) is 12.4 Å². The van der Waals surface area contributed by atoms with E-state index in [0.717, 1.165) is 17.1 Å². The van der Waals surface area contributed by atoms with Crippen molar-refractivity contribution in [3.8, 4) is 17.2 Å². The molecule has 0 N–H and O–H groups in total. The molecule has 1 aromatic carbocycles. The predicted molar refractivity (Wildman–Crippen MR) is 81.2 cm³/mol. The highest BCUT2D eigenvalue weighted by Gasteiger charge is 2.37. The molecule has 0 saturated carbocycles. The van der Waals surface area contributed by atoms with E-state index in [4.69, 9.17) is 0 Å². The third-order valence-corrected chi connectivity index (χ3v) is 3.52. The van der Waals surface area contributed by atoms with Gasteiger partial charge in [-0.3, -0.25) is 10.1 Å². The van der Waals surface area contributed by atoms with Crippen LogP contribution in [0.25, 0.3) is 17.2 Å². The zero-order valence-corrected chi connectivity index (χ0v) is 13.4. The molecule has 2 aromatic heterocycles. The molecule has 0 bridgehead atoms. The van der Waals surface area contributed by atoms with Crippen molar-refractivity contribution in [2.45, 2.75) is 12.4 Å². The fourth-order valence-corrected chi connectivity index (χ4v) is 2.29. The predicted octanol–water partition coefficient (Wildman–Crippen LogP) is 4.28. The second kappa shape index (κ2) is 6.58. The van der Waals surface area contributed by atoms with Gasteiger partial charge in [0.25, 0.3) is 0 Å². The fraction of sp³-hybridized carbons (Fsp3) is 0.133. The molecule has 0 fully saturated rings. The van der Waals surface area contributed by atoms with Crippen LogP contribution in [0.4, 0.5) is 32.0 Å². The Morgan fingerprint density at radius 1 is 0.964 bits per heavy atom. The Balaban J connectivity index is 2.13. The quantitative estimate of drug-likeness (QED) is 0.370. The average Bonchev–Trinajstić information content (AvgIpc) is 3.10. The topological polar surface area (TPSA) is 86.7 Å². The van der Waals surface area contributed by atoms with Gasteiger partial charge in [-0.25, -0.2) is 9.97 Å². The smallest absolute Gasteiger partial charge is 0.258 e. The van der Waals surface area contributed by atoms with Gasteiger partial charge in [-0.05, 0) is 24.3 Å². The number of alkyl halides is 6. The maximum Gasteiger partial charge on any atom is 0.416 e. The van der Waals surface area contributed by atoms with Crippen LogP contribution in [0.15, 0.2) is 42.9 Å². The molecule has 3 aromatic rings. The maximum absolute atomic E-state index is 13.0. The summed E-state index contributed by atoms with van der Waals surface area (Å²) in [6.45, 7) is 0. The van der Waals surface area contributed by atoms with E-state index < -0.39 is 45.5 Å². The Kier molecular flexibility index (Phi) is 4.53. The Morgan fingerprint density at radius 3 is 2.11 bits per heavy atom. The summed E-state index contributed by atoms with van der Waals surface area (Å²) in [5.41, 5.74) is -4.09. The highest BCUT2D eigenvalue weighted by Crippen LogP contribution is 2.38. The van der Waals surface area contributed by atoms with Crippen molar-refractivity contribution < 1.29 is 31.3 Å². The molecule has 0 radical (unpaired) electrons. The van der Waals surface area contributed by atoms with E-state index in [1.165, 1.54) is 12.3 Å². The lowest BCUT2D eigenvalue weighted by atomic mass is 10.0. The number of halogens is 6. The summed E-state index contributed by atoms with van der Waals surface area (Å²) in [6.07, 6.45) is -7.95. The van der Waals surface area contributed by atoms with Gasteiger partial charge >= 0.3 is 18.0 Å². The lowest BCUT2D eigenvalue weighted by Gasteiger charge is -2.13. The molecule has 0 spiro atoms. The van der Waals surface area contributed by atoms with E-state index in [9.17, 15) is 36.5 Å². The standard InChI is InChI=1S/C15H7F6N5O2/c16-14(17,18)9-4-8(5-10(6-9)15(19,20)21)12-23-7-25(24-12)13-11(26(27)28)2-1-3-22-13/h1-7H. The fourth-order valence-electron chi connectivity index (χ4n) is 2.29. The van der Waals surface area contributed by atoms with Gasteiger partial charge in [0.05, 0.1) is 16.1 Å². The van der Waals surface area contributed by atoms with E-state index >= 15 is 0 Å². The summed E-state index contributed by atoms with van der Waals surface area (Å²) in [5, 5.41) is 14.8. The van der Waals surface area contributed by atoms with Gasteiger partial charge in [0.1, 0.15) is 6.33 Å². The summed E-state index contributed by atoms with van der Waals surface area (Å²) in [5.74, 6) is -0.786. The van der Waals surface area contributed by atoms with Crippen LogP contribution < -0.4 is 0 Å². The van der Waals surface area contributed by atoms with Crippen LogP contribution in [0.5, 0.6) is 0 Å². The SMILES string of the molecule is O=[N+]([O-])c1cccnc1-n1cnc(-c2cc(C(F)(F)F)cc(C(F)(F)F)c2)n1. The van der Waals surface area contributed by atoms with Crippen LogP contribution in [0.3, 0.4) is 0 Å². The Bertz CT molecular complexity index is 1010. The molecule has 0 aliphatic heterocycles. The molecule has 0 amide bonds. The molecule has 0 atom stereocenters. The minimum atomic E-state index is -5.03. The van der Waals surface area contributed by atoms with Crippen LogP contribution in [0.2, 0.25) is 0 Å². The minimum Gasteiger partial charge on any atom is -0.258 e. The third-order valence-electron chi connectivity index (χ3n) is 3.52. The van der Waals surface area contributed by atoms with Crippen molar-refractivity contribution in [3.63, 3.8) is 0 Å². The zero-order valence-electron chi connectivity index (χ0n) is 13.4. The molecule has 146 valence electrons. The van der Waals surface area contributed by atoms with Gasteiger partial charge in [0.2, 0.25) is 5.82 Å². The molecule has 0 aliphatic carbocycles. The summed E-state index contributed by atoms with van der Waals surface area (Å²) in [6, 6.07) is 3.28. The van der Waals surface area contributed by atoms with E-state index in [0.29, 0.717) is 12.1 Å². The number of nitro groups is 1. The number of pyridine rings is 1. The van der Waals surface area contributed by atoms with Gasteiger partial charge < -0.3 is 0 Å². The van der Waals surface area contributed by atoms with Crippen LogP contribution in [0, 0.1) is 10.1 Å². The van der Waals surface area contributed by atoms with Gasteiger partial charge in [-0.1, -0.05) is 0 Å². The zero-order chi connectivity index (χ0) is 20.7. The molecular formula is C15H7F6N5O2. The summed E-state index contributed by atoms with van der Waals surface area (Å²) >= 11 is 0. The first kappa shape index (κ1) is 19.3. The van der Waals surface area contributed by atoms with Crippen molar-refractivity contribution in [2.75, 3.05) is 0 Å². The first-order valence-corrected chi connectivity index (χ1v) is 7.28. The summed E-state index contributed by atoms with van der Waals surface area (Å²) in [7, 11) is 0. The third kappa shape index (κ3) is 3.77. The molecule has 2 heterocycles. The largest absolute Gasteiger partial charge is 0.416 e. The van der Waals surface area contributed by atoms with Gasteiger partial charge in [0.15, 0.2) is 5.82 Å². The molecule has 7 nitrogen and oxygen atoms in total. The van der Waals surface area contributed by atoms with E-state index in [-0.39, 0.29) is 11.9 Å². The average molecular weight is 403 g/mol. The van der Waals surface area contributed by atoms with Crippen molar-refractivity contribution >= 4 is 5.69 Å². The Labute approximate surface area is 151 Å². The Hall–Kier alpha value is -3.51. The lowest BCUT2D eigenvalue weighted by Crippen LogP contribution is -2.11. The molecule has 0 saturated heterocycles. The van der Waals surface area contributed by atoms with Gasteiger partial charge in [-0.2, -0.15) is 31.0 Å². The minimum absolute atomic E-state index is 0.0237. The molecule has 0 aliphatic rings. The summed E-state index contributed by atoms with van der Waals surface area (Å²) < 4.78 is 78.6. The van der Waals surface area contributed by atoms with Gasteiger partial charge in [-0.15, -0.1) is 5.10 Å². The van der Waals surface area contributed by atoms with Gasteiger partial charge in [0, 0.05) is 17.8 Å². The normalized spacial score (nSPS) is 12.2. The monoisotopic (exact) mass is 403 g/mol. The highest BCUT2D eigenvalue weighted by atomic mass is 19.4. The first-order valence-electron chi connectivity index (χ1n) is 7.28.